The molecule has 5 heteroatoms. The summed E-state index contributed by atoms with van der Waals surface area (Å²) in [6.07, 6.45) is 2.18. The predicted molar refractivity (Wildman–Crippen MR) is 80.4 cm³/mol. The summed E-state index contributed by atoms with van der Waals surface area (Å²) in [5, 5.41) is 12.1. The zero-order valence-electron chi connectivity index (χ0n) is 11.3. The molecule has 1 aliphatic carbocycles. The zero-order valence-corrected chi connectivity index (χ0v) is 12.9. The van der Waals surface area contributed by atoms with Crippen LogP contribution in [0.4, 0.5) is 5.69 Å². The Bertz CT molecular complexity index is 518. The molecule has 0 heterocycles. The minimum Gasteiger partial charge on any atom is -0.481 e. The van der Waals surface area contributed by atoms with Crippen LogP contribution in [0.2, 0.25) is 0 Å². The first-order valence-corrected chi connectivity index (χ1v) is 7.59. The van der Waals surface area contributed by atoms with Crippen LogP contribution in [-0.4, -0.2) is 17.0 Å². The van der Waals surface area contributed by atoms with Crippen molar-refractivity contribution < 1.29 is 14.7 Å². The van der Waals surface area contributed by atoms with E-state index in [0.717, 1.165) is 10.9 Å². The normalized spacial score (nSPS) is 25.4. The molecule has 1 aliphatic rings. The number of benzene rings is 1. The van der Waals surface area contributed by atoms with Gasteiger partial charge in [0.1, 0.15) is 0 Å². The summed E-state index contributed by atoms with van der Waals surface area (Å²) in [6.45, 7) is 2.04. The van der Waals surface area contributed by atoms with Crippen LogP contribution in [0.25, 0.3) is 0 Å². The van der Waals surface area contributed by atoms with Crippen molar-refractivity contribution in [2.75, 3.05) is 5.32 Å². The van der Waals surface area contributed by atoms with E-state index in [9.17, 15) is 14.7 Å². The molecule has 0 aliphatic heterocycles. The van der Waals surface area contributed by atoms with Crippen LogP contribution in [0.5, 0.6) is 0 Å². The highest BCUT2D eigenvalue weighted by Gasteiger charge is 2.42. The standard InChI is InChI=1S/C15H18BrNO3/c1-2-9-6-12(13(7-9)15(19)20)14(18)17-11-5-3-4-10(16)8-11/h3-5,8-9,12-13H,2,6-7H2,1H3,(H,17,18)(H,19,20). The quantitative estimate of drug-likeness (QED) is 0.881. The van der Waals surface area contributed by atoms with Gasteiger partial charge in [-0.3, -0.25) is 9.59 Å². The lowest BCUT2D eigenvalue weighted by Crippen LogP contribution is -2.29. The molecule has 1 saturated carbocycles. The number of aliphatic carboxylic acids is 1. The third-order valence-electron chi connectivity index (χ3n) is 3.98. The largest absolute Gasteiger partial charge is 0.481 e. The van der Waals surface area contributed by atoms with Crippen molar-refractivity contribution in [3.8, 4) is 0 Å². The van der Waals surface area contributed by atoms with E-state index in [0.29, 0.717) is 24.4 Å². The van der Waals surface area contributed by atoms with E-state index in [2.05, 4.69) is 21.2 Å². The number of nitrogens with one attached hydrogen (secondary N) is 1. The van der Waals surface area contributed by atoms with Gasteiger partial charge in [-0.1, -0.05) is 35.3 Å². The van der Waals surface area contributed by atoms with Gasteiger partial charge >= 0.3 is 5.97 Å². The van der Waals surface area contributed by atoms with Crippen LogP contribution >= 0.6 is 15.9 Å². The molecule has 3 atom stereocenters. The number of carbonyl (C=O) groups is 2. The monoisotopic (exact) mass is 339 g/mol. The highest BCUT2D eigenvalue weighted by molar-refractivity contribution is 9.10. The summed E-state index contributed by atoms with van der Waals surface area (Å²) in [5.41, 5.74) is 0.688. The summed E-state index contributed by atoms with van der Waals surface area (Å²) >= 11 is 3.35. The SMILES string of the molecule is CCC1CC(C(=O)O)C(C(=O)Nc2cccc(Br)c2)C1. The van der Waals surface area contributed by atoms with Gasteiger partial charge in [0.25, 0.3) is 0 Å². The van der Waals surface area contributed by atoms with E-state index in [1.807, 2.05) is 19.1 Å². The molecule has 3 unspecified atom stereocenters. The first kappa shape index (κ1) is 15.0. The van der Waals surface area contributed by atoms with Gasteiger partial charge < -0.3 is 10.4 Å². The van der Waals surface area contributed by atoms with Crippen molar-refractivity contribution in [1.29, 1.82) is 0 Å². The number of carboxylic acids is 1. The second-order valence-corrected chi connectivity index (χ2v) is 6.21. The number of hydrogen-bond acceptors (Lipinski definition) is 2. The minimum absolute atomic E-state index is 0.188. The van der Waals surface area contributed by atoms with E-state index in [-0.39, 0.29) is 5.91 Å². The van der Waals surface area contributed by atoms with Gasteiger partial charge in [0.15, 0.2) is 0 Å². The second kappa shape index (κ2) is 6.39. The van der Waals surface area contributed by atoms with E-state index in [4.69, 9.17) is 0 Å². The molecule has 0 bridgehead atoms. The van der Waals surface area contributed by atoms with Gasteiger partial charge in [-0.25, -0.2) is 0 Å². The van der Waals surface area contributed by atoms with Gasteiger partial charge in [0.05, 0.1) is 11.8 Å². The van der Waals surface area contributed by atoms with Gasteiger partial charge in [0, 0.05) is 10.2 Å². The number of rotatable bonds is 4. The van der Waals surface area contributed by atoms with Crippen LogP contribution < -0.4 is 5.32 Å². The van der Waals surface area contributed by atoms with E-state index >= 15 is 0 Å². The summed E-state index contributed by atoms with van der Waals surface area (Å²) in [4.78, 5) is 23.6. The van der Waals surface area contributed by atoms with Gasteiger partial charge in [-0.05, 0) is 37.0 Å². The van der Waals surface area contributed by atoms with E-state index < -0.39 is 17.8 Å². The summed E-state index contributed by atoms with van der Waals surface area (Å²) < 4.78 is 0.878. The molecule has 1 aromatic rings. The maximum Gasteiger partial charge on any atom is 0.307 e. The average molecular weight is 340 g/mol. The minimum atomic E-state index is -0.865. The zero-order chi connectivity index (χ0) is 14.7. The lowest BCUT2D eigenvalue weighted by Gasteiger charge is -2.15. The maximum absolute atomic E-state index is 12.3. The topological polar surface area (TPSA) is 66.4 Å². The van der Waals surface area contributed by atoms with Crippen LogP contribution in [-0.2, 0) is 9.59 Å². The molecule has 4 nitrogen and oxygen atoms in total. The molecule has 1 amide bonds. The fourth-order valence-electron chi connectivity index (χ4n) is 2.84. The molecule has 1 fully saturated rings. The van der Waals surface area contributed by atoms with Crippen molar-refractivity contribution >= 4 is 33.5 Å². The molecular formula is C15H18BrNO3. The Morgan fingerprint density at radius 1 is 1.35 bits per heavy atom. The predicted octanol–water partition coefficient (Wildman–Crippen LogP) is 3.52. The Morgan fingerprint density at radius 2 is 2.05 bits per heavy atom. The number of amides is 1. The van der Waals surface area contributed by atoms with Crippen LogP contribution in [0.3, 0.4) is 0 Å². The number of carboxylic acid groups (broad SMARTS) is 1. The Balaban J connectivity index is 2.09. The van der Waals surface area contributed by atoms with E-state index in [1.54, 1.807) is 12.1 Å². The molecule has 0 saturated heterocycles. The fourth-order valence-corrected chi connectivity index (χ4v) is 3.24. The Kier molecular flexibility index (Phi) is 4.81. The molecule has 108 valence electrons. The Hall–Kier alpha value is -1.36. The maximum atomic E-state index is 12.3. The molecule has 0 aromatic heterocycles. The first-order chi connectivity index (χ1) is 9.51. The third kappa shape index (κ3) is 3.39. The first-order valence-electron chi connectivity index (χ1n) is 6.80. The van der Waals surface area contributed by atoms with Gasteiger partial charge in [-0.15, -0.1) is 0 Å². The summed E-state index contributed by atoms with van der Waals surface area (Å²) in [6, 6.07) is 7.31. The van der Waals surface area contributed by atoms with Crippen LogP contribution in [0.1, 0.15) is 26.2 Å². The van der Waals surface area contributed by atoms with Crippen molar-refractivity contribution in [2.24, 2.45) is 17.8 Å². The number of anilines is 1. The second-order valence-electron chi connectivity index (χ2n) is 5.30. The van der Waals surface area contributed by atoms with Crippen molar-refractivity contribution in [2.45, 2.75) is 26.2 Å². The van der Waals surface area contributed by atoms with Gasteiger partial charge in [0.2, 0.25) is 5.91 Å². The highest BCUT2D eigenvalue weighted by Crippen LogP contribution is 2.39. The molecule has 0 spiro atoms. The fraction of sp³-hybridized carbons (Fsp3) is 0.467. The summed E-state index contributed by atoms with van der Waals surface area (Å²) in [5.74, 6) is -1.72. The van der Waals surface area contributed by atoms with Crippen LogP contribution in [0, 0.1) is 17.8 Å². The van der Waals surface area contributed by atoms with Crippen molar-refractivity contribution in [3.05, 3.63) is 28.7 Å². The molecule has 2 rings (SSSR count). The molecule has 2 N–H and O–H groups in total. The Morgan fingerprint density at radius 3 is 2.65 bits per heavy atom. The highest BCUT2D eigenvalue weighted by atomic mass is 79.9. The lowest BCUT2D eigenvalue weighted by atomic mass is 9.95. The van der Waals surface area contributed by atoms with Crippen molar-refractivity contribution in [3.63, 3.8) is 0 Å². The van der Waals surface area contributed by atoms with E-state index in [1.165, 1.54) is 0 Å². The summed E-state index contributed by atoms with van der Waals surface area (Å²) in [7, 11) is 0. The third-order valence-corrected chi connectivity index (χ3v) is 4.48. The van der Waals surface area contributed by atoms with Crippen LogP contribution in [0.15, 0.2) is 28.7 Å². The van der Waals surface area contributed by atoms with Crippen molar-refractivity contribution in [1.82, 2.24) is 0 Å². The molecular weight excluding hydrogens is 322 g/mol. The number of carbonyl (C=O) groups excluding carboxylic acids is 1. The molecule has 0 radical (unpaired) electrons. The van der Waals surface area contributed by atoms with Gasteiger partial charge in [-0.2, -0.15) is 0 Å². The average Bonchev–Trinajstić information content (AvgIpc) is 2.83. The Labute approximate surface area is 126 Å². The smallest absolute Gasteiger partial charge is 0.307 e. The lowest BCUT2D eigenvalue weighted by molar-refractivity contribution is -0.145. The number of halogens is 1. The molecule has 1 aromatic carbocycles. The number of hydrogen-bond donors (Lipinski definition) is 2. The molecule has 20 heavy (non-hydrogen) atoms.